The van der Waals surface area contributed by atoms with Gasteiger partial charge in [0.1, 0.15) is 5.54 Å². The fraction of sp³-hybridized carbons (Fsp3) is 0.556. The van der Waals surface area contributed by atoms with E-state index < -0.39 is 0 Å². The summed E-state index contributed by atoms with van der Waals surface area (Å²) in [6, 6.07) is 8.35. The number of hydrogen-bond donors (Lipinski definition) is 0. The first-order valence-corrected chi connectivity index (χ1v) is 8.68. The number of nitrogens with zero attached hydrogens (tertiary/aromatic N) is 3. The fourth-order valence-corrected chi connectivity index (χ4v) is 4.39. The van der Waals surface area contributed by atoms with Crippen molar-refractivity contribution in [1.29, 1.82) is 0 Å². The lowest BCUT2D eigenvalue weighted by atomic mass is 9.57. The first-order valence-electron chi connectivity index (χ1n) is 7.89. The van der Waals surface area contributed by atoms with Crippen LogP contribution in [0.2, 0.25) is 0 Å². The third-order valence-corrected chi connectivity index (χ3v) is 7.01. The molecule has 3 nitrogen and oxygen atoms in total. The Morgan fingerprint density at radius 3 is 2.14 bits per heavy atom. The summed E-state index contributed by atoms with van der Waals surface area (Å²) in [4.78, 5) is 0. The van der Waals surface area contributed by atoms with E-state index in [1.54, 1.807) is 0 Å². The third-order valence-electron chi connectivity index (χ3n) is 6.49. The van der Waals surface area contributed by atoms with Crippen molar-refractivity contribution in [2.24, 2.45) is 22.2 Å². The fourth-order valence-electron chi connectivity index (χ4n) is 4.12. The predicted octanol–water partition coefficient (Wildman–Crippen LogP) is 5.78. The largest absolute Gasteiger partial charge is 0.238 e. The van der Waals surface area contributed by atoms with E-state index in [9.17, 15) is 0 Å². The molecular formula is C18H24BrN3. The lowest BCUT2D eigenvalue weighted by molar-refractivity contribution is 0.158. The highest BCUT2D eigenvalue weighted by Gasteiger charge is 2.62. The lowest BCUT2D eigenvalue weighted by Gasteiger charge is -2.53. The average molecular weight is 362 g/mol. The average Bonchev–Trinajstić information content (AvgIpc) is 2.79. The quantitative estimate of drug-likeness (QED) is 0.582. The minimum absolute atomic E-state index is 0.149. The van der Waals surface area contributed by atoms with Crippen molar-refractivity contribution in [2.75, 3.05) is 5.01 Å². The summed E-state index contributed by atoms with van der Waals surface area (Å²) >= 11 is 3.51. The molecule has 0 N–H and O–H groups in total. The second-order valence-corrected chi connectivity index (χ2v) is 8.00. The van der Waals surface area contributed by atoms with Gasteiger partial charge >= 0.3 is 0 Å². The molecule has 22 heavy (non-hydrogen) atoms. The van der Waals surface area contributed by atoms with E-state index in [0.29, 0.717) is 11.8 Å². The van der Waals surface area contributed by atoms with Crippen molar-refractivity contribution in [3.63, 3.8) is 0 Å². The minimum atomic E-state index is -0.205. The second kappa shape index (κ2) is 4.92. The smallest absolute Gasteiger partial charge is 0.113 e. The summed E-state index contributed by atoms with van der Waals surface area (Å²) in [6.07, 6.45) is 0. The van der Waals surface area contributed by atoms with Gasteiger partial charge in [0.2, 0.25) is 0 Å². The van der Waals surface area contributed by atoms with E-state index in [0.717, 1.165) is 10.2 Å². The van der Waals surface area contributed by atoms with Gasteiger partial charge in [0, 0.05) is 16.3 Å². The first-order chi connectivity index (χ1) is 10.2. The summed E-state index contributed by atoms with van der Waals surface area (Å²) < 4.78 is 1.08. The van der Waals surface area contributed by atoms with Crippen molar-refractivity contribution in [3.05, 3.63) is 39.9 Å². The SMILES string of the molecule is CC1=C(C)[C@H](C)[C@]2(C)N(c3ccc(Br)cc3)N=N[C@]2(C)[C@@H]1C. The van der Waals surface area contributed by atoms with Gasteiger partial charge in [-0.25, -0.2) is 5.01 Å². The molecular weight excluding hydrogens is 338 g/mol. The summed E-state index contributed by atoms with van der Waals surface area (Å²) in [6.45, 7) is 13.7. The Balaban J connectivity index is 2.15. The van der Waals surface area contributed by atoms with Gasteiger partial charge in [0.25, 0.3) is 0 Å². The van der Waals surface area contributed by atoms with Crippen molar-refractivity contribution in [2.45, 2.75) is 52.6 Å². The molecule has 118 valence electrons. The molecule has 0 saturated heterocycles. The van der Waals surface area contributed by atoms with Crippen LogP contribution in [-0.2, 0) is 0 Å². The maximum absolute atomic E-state index is 4.76. The molecule has 0 radical (unpaired) electrons. The molecule has 0 saturated carbocycles. The minimum Gasteiger partial charge on any atom is -0.238 e. The number of benzene rings is 1. The van der Waals surface area contributed by atoms with Crippen LogP contribution >= 0.6 is 15.9 Å². The van der Waals surface area contributed by atoms with Crippen LogP contribution in [0.3, 0.4) is 0 Å². The summed E-state index contributed by atoms with van der Waals surface area (Å²) in [7, 11) is 0. The van der Waals surface area contributed by atoms with Crippen LogP contribution in [0.15, 0.2) is 50.2 Å². The van der Waals surface area contributed by atoms with Crippen molar-refractivity contribution >= 4 is 21.6 Å². The summed E-state index contributed by atoms with van der Waals surface area (Å²) in [5, 5.41) is 11.5. The van der Waals surface area contributed by atoms with Gasteiger partial charge < -0.3 is 0 Å². The van der Waals surface area contributed by atoms with E-state index in [1.807, 2.05) is 0 Å². The standard InChI is InChI=1S/C18H24BrN3/c1-11-12(2)14(4)18(6)17(5,13(11)3)20-21-22(18)16-9-7-15(19)8-10-16/h7-10,13-14H,1-6H3/t13-,14+,17-,18+/m1/s1. The van der Waals surface area contributed by atoms with Crippen LogP contribution in [0.1, 0.15) is 41.5 Å². The van der Waals surface area contributed by atoms with Crippen LogP contribution in [0.4, 0.5) is 5.69 Å². The van der Waals surface area contributed by atoms with E-state index in [1.165, 1.54) is 11.1 Å². The van der Waals surface area contributed by atoms with E-state index in [2.05, 4.69) is 92.0 Å². The van der Waals surface area contributed by atoms with Crippen molar-refractivity contribution in [1.82, 2.24) is 0 Å². The topological polar surface area (TPSA) is 28.0 Å². The van der Waals surface area contributed by atoms with Gasteiger partial charge in [-0.05, 0) is 52.0 Å². The van der Waals surface area contributed by atoms with Gasteiger partial charge in [0.15, 0.2) is 0 Å². The molecule has 1 aliphatic heterocycles. The molecule has 2 aliphatic rings. The highest BCUT2D eigenvalue weighted by Crippen LogP contribution is 2.56. The van der Waals surface area contributed by atoms with Crippen LogP contribution in [-0.4, -0.2) is 11.1 Å². The van der Waals surface area contributed by atoms with Crippen LogP contribution in [0, 0.1) is 11.8 Å². The maximum atomic E-state index is 4.76. The van der Waals surface area contributed by atoms with Crippen LogP contribution in [0.25, 0.3) is 0 Å². The van der Waals surface area contributed by atoms with Crippen molar-refractivity contribution in [3.8, 4) is 0 Å². The zero-order valence-corrected chi connectivity index (χ0v) is 15.8. The van der Waals surface area contributed by atoms with Gasteiger partial charge in [-0.2, -0.15) is 5.11 Å². The van der Waals surface area contributed by atoms with Gasteiger partial charge in [-0.1, -0.05) is 46.1 Å². The summed E-state index contributed by atoms with van der Waals surface area (Å²) in [5.41, 5.74) is 3.68. The Hall–Kier alpha value is -1.16. The van der Waals surface area contributed by atoms with Gasteiger partial charge in [0.05, 0.1) is 11.2 Å². The highest BCUT2D eigenvalue weighted by atomic mass is 79.9. The van der Waals surface area contributed by atoms with Gasteiger partial charge in [-0.15, -0.1) is 0 Å². The molecule has 0 aromatic heterocycles. The molecule has 0 unspecified atom stereocenters. The first kappa shape index (κ1) is 15.7. The molecule has 1 aliphatic carbocycles. The highest BCUT2D eigenvalue weighted by molar-refractivity contribution is 9.10. The maximum Gasteiger partial charge on any atom is 0.113 e. The predicted molar refractivity (Wildman–Crippen MR) is 95.0 cm³/mol. The molecule has 4 atom stereocenters. The molecule has 0 fully saturated rings. The molecule has 1 aromatic rings. The number of anilines is 1. The van der Waals surface area contributed by atoms with E-state index in [4.69, 9.17) is 5.11 Å². The second-order valence-electron chi connectivity index (χ2n) is 7.08. The van der Waals surface area contributed by atoms with Gasteiger partial charge in [-0.3, -0.25) is 0 Å². The number of hydrogen-bond acceptors (Lipinski definition) is 3. The third kappa shape index (κ3) is 1.79. The monoisotopic (exact) mass is 361 g/mol. The summed E-state index contributed by atoms with van der Waals surface area (Å²) in [5.74, 6) is 0.783. The van der Waals surface area contributed by atoms with Crippen LogP contribution < -0.4 is 5.01 Å². The van der Waals surface area contributed by atoms with Crippen LogP contribution in [0.5, 0.6) is 0 Å². The normalized spacial score (nSPS) is 37.7. The number of rotatable bonds is 1. The Morgan fingerprint density at radius 1 is 1.00 bits per heavy atom. The molecule has 4 heteroatoms. The molecule has 0 bridgehead atoms. The van der Waals surface area contributed by atoms with E-state index >= 15 is 0 Å². The molecule has 0 amide bonds. The molecule has 3 rings (SSSR count). The molecule has 1 aromatic carbocycles. The molecule has 1 heterocycles. The zero-order chi connectivity index (χ0) is 16.3. The Labute approximate surface area is 141 Å². The Morgan fingerprint density at radius 2 is 1.55 bits per heavy atom. The zero-order valence-electron chi connectivity index (χ0n) is 14.2. The number of fused-ring (bicyclic) bond motifs is 1. The Bertz CT molecular complexity index is 663. The van der Waals surface area contributed by atoms with Crippen molar-refractivity contribution < 1.29 is 0 Å². The van der Waals surface area contributed by atoms with E-state index in [-0.39, 0.29) is 11.1 Å². The lowest BCUT2D eigenvalue weighted by Crippen LogP contribution is -2.64. The number of halogens is 1. The Kier molecular flexibility index (Phi) is 3.52. The molecule has 0 spiro atoms.